The summed E-state index contributed by atoms with van der Waals surface area (Å²) >= 11 is 0. The molecule has 0 N–H and O–H groups in total. The van der Waals surface area contributed by atoms with Crippen LogP contribution in [-0.2, 0) is 11.2 Å². The Labute approximate surface area is 180 Å². The van der Waals surface area contributed by atoms with E-state index in [9.17, 15) is 14.0 Å². The second kappa shape index (κ2) is 8.15. The zero-order valence-electron chi connectivity index (χ0n) is 17.2. The van der Waals surface area contributed by atoms with Crippen molar-refractivity contribution in [2.45, 2.75) is 6.42 Å². The lowest BCUT2D eigenvalue weighted by Crippen LogP contribution is -2.36. The van der Waals surface area contributed by atoms with E-state index in [1.165, 1.54) is 11.3 Å². The van der Waals surface area contributed by atoms with E-state index in [0.717, 1.165) is 49.9 Å². The molecule has 0 saturated carbocycles. The number of amides is 2. The van der Waals surface area contributed by atoms with Crippen molar-refractivity contribution in [3.8, 4) is 0 Å². The summed E-state index contributed by atoms with van der Waals surface area (Å²) in [7, 11) is 0. The van der Waals surface area contributed by atoms with E-state index in [1.807, 2.05) is 0 Å². The van der Waals surface area contributed by atoms with Crippen LogP contribution in [0.25, 0.3) is 0 Å². The van der Waals surface area contributed by atoms with Crippen LogP contribution in [0.1, 0.15) is 26.3 Å². The lowest BCUT2D eigenvalue weighted by molar-refractivity contribution is 0.0667. The predicted molar refractivity (Wildman–Crippen MR) is 116 cm³/mol. The van der Waals surface area contributed by atoms with Crippen molar-refractivity contribution in [2.24, 2.45) is 0 Å². The highest BCUT2D eigenvalue weighted by atomic mass is 19.1. The number of carbonyl (C=O) groups is 2. The van der Waals surface area contributed by atoms with Gasteiger partial charge in [0.15, 0.2) is 0 Å². The molecular weight excluding hydrogens is 397 g/mol. The molecule has 5 rings (SSSR count). The Morgan fingerprint density at radius 3 is 2.35 bits per heavy atom. The van der Waals surface area contributed by atoms with Crippen LogP contribution in [-0.4, -0.2) is 62.7 Å². The van der Waals surface area contributed by atoms with Crippen molar-refractivity contribution in [3.63, 3.8) is 0 Å². The summed E-state index contributed by atoms with van der Waals surface area (Å²) in [6.45, 7) is 4.34. The summed E-state index contributed by atoms with van der Waals surface area (Å²) in [5.74, 6) is -0.728. The summed E-state index contributed by atoms with van der Waals surface area (Å²) in [5.41, 5.74) is 4.68. The second-order valence-electron chi connectivity index (χ2n) is 8.09. The largest absolute Gasteiger partial charge is 0.378 e. The highest BCUT2D eigenvalue weighted by Gasteiger charge is 2.35. The van der Waals surface area contributed by atoms with Gasteiger partial charge in [0.1, 0.15) is 0 Å². The van der Waals surface area contributed by atoms with E-state index in [4.69, 9.17) is 4.74 Å². The van der Waals surface area contributed by atoms with Crippen LogP contribution in [0.3, 0.4) is 0 Å². The topological polar surface area (TPSA) is 53.1 Å². The molecule has 0 bridgehead atoms. The molecule has 0 spiro atoms. The Kier molecular flexibility index (Phi) is 5.19. The predicted octanol–water partition coefficient (Wildman–Crippen LogP) is 3.04. The van der Waals surface area contributed by atoms with Crippen molar-refractivity contribution < 1.29 is 18.7 Å². The summed E-state index contributed by atoms with van der Waals surface area (Å²) in [4.78, 5) is 30.8. The smallest absolute Gasteiger partial charge is 0.261 e. The van der Waals surface area contributed by atoms with Gasteiger partial charge in [0.05, 0.1) is 37.2 Å². The van der Waals surface area contributed by atoms with Crippen LogP contribution < -0.4 is 9.80 Å². The Morgan fingerprint density at radius 1 is 0.968 bits per heavy atom. The normalized spacial score (nSPS) is 18.6. The number of morpholine rings is 1. The molecular formula is C24H24FN3O3. The number of hydrogen-bond acceptors (Lipinski definition) is 5. The van der Waals surface area contributed by atoms with Gasteiger partial charge in [-0.3, -0.25) is 14.5 Å². The fourth-order valence-corrected chi connectivity index (χ4v) is 4.59. The number of anilines is 2. The number of rotatable bonds is 5. The summed E-state index contributed by atoms with van der Waals surface area (Å²) in [6.07, 6.45) is 1.42. The summed E-state index contributed by atoms with van der Waals surface area (Å²) in [5, 5.41) is 0. The standard InChI is InChI=1S/C24H24FN3O3/c25-14-17(16-28-23(29)20-3-1-2-4-21(20)24(28)30)15-27-8-7-18-13-19(5-6-22(18)27)26-9-11-31-12-10-26/h1-6,13-14H,7-12,15-16H2/b17-14-. The van der Waals surface area contributed by atoms with E-state index in [0.29, 0.717) is 29.6 Å². The van der Waals surface area contributed by atoms with Crippen LogP contribution >= 0.6 is 0 Å². The molecule has 3 heterocycles. The maximum atomic E-state index is 13.8. The minimum atomic E-state index is -0.364. The Morgan fingerprint density at radius 2 is 1.68 bits per heavy atom. The zero-order chi connectivity index (χ0) is 21.4. The third-order valence-electron chi connectivity index (χ3n) is 6.22. The minimum absolute atomic E-state index is 0.0411. The first-order chi connectivity index (χ1) is 15.2. The van der Waals surface area contributed by atoms with E-state index in [1.54, 1.807) is 24.3 Å². The average molecular weight is 421 g/mol. The van der Waals surface area contributed by atoms with Crippen molar-refractivity contribution in [1.82, 2.24) is 4.90 Å². The molecule has 0 aromatic heterocycles. The van der Waals surface area contributed by atoms with Crippen molar-refractivity contribution in [2.75, 3.05) is 55.7 Å². The Hall–Kier alpha value is -3.19. The number of imide groups is 1. The quantitative estimate of drug-likeness (QED) is 0.695. The maximum Gasteiger partial charge on any atom is 0.261 e. The van der Waals surface area contributed by atoms with E-state index in [2.05, 4.69) is 28.0 Å². The molecule has 160 valence electrons. The molecule has 0 radical (unpaired) electrons. The third-order valence-corrected chi connectivity index (χ3v) is 6.22. The monoisotopic (exact) mass is 421 g/mol. The zero-order valence-corrected chi connectivity index (χ0v) is 17.2. The third kappa shape index (κ3) is 3.59. The molecule has 7 heteroatoms. The van der Waals surface area contributed by atoms with Gasteiger partial charge in [-0.25, -0.2) is 4.39 Å². The van der Waals surface area contributed by atoms with E-state index < -0.39 is 0 Å². The van der Waals surface area contributed by atoms with Gasteiger partial charge < -0.3 is 14.5 Å². The van der Waals surface area contributed by atoms with Gasteiger partial charge >= 0.3 is 0 Å². The number of carbonyl (C=O) groups excluding carboxylic acids is 2. The highest BCUT2D eigenvalue weighted by Crippen LogP contribution is 2.33. The fraction of sp³-hybridized carbons (Fsp3) is 0.333. The van der Waals surface area contributed by atoms with Gasteiger partial charge in [0.25, 0.3) is 11.8 Å². The molecule has 0 aliphatic carbocycles. The van der Waals surface area contributed by atoms with Crippen LogP contribution in [0, 0.1) is 0 Å². The molecule has 1 saturated heterocycles. The molecule has 2 aromatic carbocycles. The van der Waals surface area contributed by atoms with Crippen LogP contribution in [0.2, 0.25) is 0 Å². The first-order valence-corrected chi connectivity index (χ1v) is 10.6. The first-order valence-electron chi connectivity index (χ1n) is 10.6. The summed E-state index contributed by atoms with van der Waals surface area (Å²) in [6, 6.07) is 13.1. The lowest BCUT2D eigenvalue weighted by atomic mass is 10.1. The van der Waals surface area contributed by atoms with Gasteiger partial charge in [0.2, 0.25) is 0 Å². The van der Waals surface area contributed by atoms with Crippen molar-refractivity contribution in [3.05, 3.63) is 71.1 Å². The molecule has 2 aromatic rings. The van der Waals surface area contributed by atoms with E-state index in [-0.39, 0.29) is 18.4 Å². The SMILES string of the molecule is O=C1c2ccccc2C(=O)N1C/C(=C\F)CN1CCc2cc(N3CCOCC3)ccc21. The Bertz CT molecular complexity index is 1030. The molecule has 2 amide bonds. The number of nitrogens with zero attached hydrogens (tertiary/aromatic N) is 3. The molecule has 0 unspecified atom stereocenters. The maximum absolute atomic E-state index is 13.8. The Balaban J connectivity index is 1.28. The van der Waals surface area contributed by atoms with Gasteiger partial charge in [0, 0.05) is 37.6 Å². The van der Waals surface area contributed by atoms with E-state index >= 15 is 0 Å². The lowest BCUT2D eigenvalue weighted by Gasteiger charge is -2.29. The fourth-order valence-electron chi connectivity index (χ4n) is 4.59. The molecule has 3 aliphatic rings. The number of halogens is 1. The molecule has 31 heavy (non-hydrogen) atoms. The number of hydrogen-bond donors (Lipinski definition) is 0. The second-order valence-corrected chi connectivity index (χ2v) is 8.09. The van der Waals surface area contributed by atoms with Gasteiger partial charge in [-0.15, -0.1) is 0 Å². The molecule has 3 aliphatic heterocycles. The van der Waals surface area contributed by atoms with Crippen LogP contribution in [0.4, 0.5) is 15.8 Å². The number of ether oxygens (including phenoxy) is 1. The molecule has 1 fully saturated rings. The van der Waals surface area contributed by atoms with Crippen LogP contribution in [0.15, 0.2) is 54.4 Å². The van der Waals surface area contributed by atoms with Gasteiger partial charge in [-0.05, 0) is 47.9 Å². The average Bonchev–Trinajstić information content (AvgIpc) is 3.33. The van der Waals surface area contributed by atoms with Crippen LogP contribution in [0.5, 0.6) is 0 Å². The molecule has 6 nitrogen and oxygen atoms in total. The highest BCUT2D eigenvalue weighted by molar-refractivity contribution is 6.21. The number of benzene rings is 2. The molecule has 0 atom stereocenters. The minimum Gasteiger partial charge on any atom is -0.378 e. The van der Waals surface area contributed by atoms with Gasteiger partial charge in [-0.1, -0.05) is 12.1 Å². The van der Waals surface area contributed by atoms with Crippen molar-refractivity contribution in [1.29, 1.82) is 0 Å². The first kappa shape index (κ1) is 19.8. The van der Waals surface area contributed by atoms with Gasteiger partial charge in [-0.2, -0.15) is 0 Å². The summed E-state index contributed by atoms with van der Waals surface area (Å²) < 4.78 is 19.2. The van der Waals surface area contributed by atoms with Crippen molar-refractivity contribution >= 4 is 23.2 Å². The number of fused-ring (bicyclic) bond motifs is 2.